The maximum atomic E-state index is 11.8. The molecule has 2 rings (SSSR count). The molecule has 0 aliphatic rings. The van der Waals surface area contributed by atoms with E-state index in [9.17, 15) is 4.79 Å². The zero-order valence-electron chi connectivity index (χ0n) is 11.3. The van der Waals surface area contributed by atoms with Gasteiger partial charge in [-0.15, -0.1) is 0 Å². The number of hydrogen-bond acceptors (Lipinski definition) is 3. The van der Waals surface area contributed by atoms with Crippen LogP contribution in [-0.2, 0) is 4.79 Å². The smallest absolute Gasteiger partial charge is 0.235 e. The van der Waals surface area contributed by atoms with Gasteiger partial charge in [0.25, 0.3) is 0 Å². The van der Waals surface area contributed by atoms with E-state index in [-0.39, 0.29) is 11.2 Å². The third-order valence-electron chi connectivity index (χ3n) is 2.71. The molecule has 4 nitrogen and oxygen atoms in total. The molecule has 1 aromatic carbocycles. The second kappa shape index (κ2) is 5.93. The molecule has 1 N–H and O–H groups in total. The average molecular weight is 275 g/mol. The van der Waals surface area contributed by atoms with Gasteiger partial charge < -0.3 is 9.88 Å². The highest BCUT2D eigenvalue weighted by Crippen LogP contribution is 2.24. The Morgan fingerprint density at radius 3 is 2.63 bits per heavy atom. The third kappa shape index (κ3) is 3.38. The van der Waals surface area contributed by atoms with Gasteiger partial charge in [-0.05, 0) is 12.5 Å². The first kappa shape index (κ1) is 13.7. The van der Waals surface area contributed by atoms with Crippen molar-refractivity contribution in [2.45, 2.75) is 17.3 Å². The fourth-order valence-electron chi connectivity index (χ4n) is 1.71. The van der Waals surface area contributed by atoms with Crippen LogP contribution in [0.2, 0.25) is 0 Å². The van der Waals surface area contributed by atoms with E-state index in [1.165, 1.54) is 11.8 Å². The van der Waals surface area contributed by atoms with Gasteiger partial charge in [-0.1, -0.05) is 42.1 Å². The number of aromatic nitrogens is 2. The molecule has 0 aliphatic carbocycles. The van der Waals surface area contributed by atoms with E-state index >= 15 is 0 Å². The SMILES string of the molecule is C[C@H](Sc1ncc(-c2ccccc2)[nH]1)C(=O)N(C)C. The van der Waals surface area contributed by atoms with Crippen molar-refractivity contribution >= 4 is 17.7 Å². The lowest BCUT2D eigenvalue weighted by Crippen LogP contribution is -2.29. The molecule has 1 atom stereocenters. The van der Waals surface area contributed by atoms with Crippen molar-refractivity contribution in [3.05, 3.63) is 36.5 Å². The van der Waals surface area contributed by atoms with Crippen molar-refractivity contribution in [3.63, 3.8) is 0 Å². The monoisotopic (exact) mass is 275 g/mol. The summed E-state index contributed by atoms with van der Waals surface area (Å²) in [5, 5.41) is 0.617. The van der Waals surface area contributed by atoms with Crippen molar-refractivity contribution in [2.24, 2.45) is 0 Å². The number of nitrogens with zero attached hydrogens (tertiary/aromatic N) is 2. The van der Waals surface area contributed by atoms with Crippen LogP contribution in [0.15, 0.2) is 41.7 Å². The molecule has 5 heteroatoms. The minimum absolute atomic E-state index is 0.0858. The Morgan fingerprint density at radius 1 is 1.32 bits per heavy atom. The fourth-order valence-corrected chi connectivity index (χ4v) is 2.64. The van der Waals surface area contributed by atoms with Gasteiger partial charge in [-0.2, -0.15) is 0 Å². The molecule has 0 saturated carbocycles. The second-order valence-electron chi connectivity index (χ2n) is 4.46. The Hall–Kier alpha value is -1.75. The summed E-state index contributed by atoms with van der Waals surface area (Å²) in [6.07, 6.45) is 1.80. The number of carbonyl (C=O) groups excluding carboxylic acids is 1. The van der Waals surface area contributed by atoms with E-state index < -0.39 is 0 Å². The lowest BCUT2D eigenvalue weighted by Gasteiger charge is -2.14. The zero-order chi connectivity index (χ0) is 13.8. The van der Waals surface area contributed by atoms with Gasteiger partial charge in [0, 0.05) is 14.1 Å². The first-order valence-corrected chi connectivity index (χ1v) is 6.94. The number of hydrogen-bond donors (Lipinski definition) is 1. The molecule has 0 saturated heterocycles. The molecule has 1 heterocycles. The zero-order valence-corrected chi connectivity index (χ0v) is 12.1. The molecular formula is C14H17N3OS. The highest BCUT2D eigenvalue weighted by molar-refractivity contribution is 8.00. The predicted molar refractivity (Wildman–Crippen MR) is 78.0 cm³/mol. The molecule has 0 radical (unpaired) electrons. The maximum Gasteiger partial charge on any atom is 0.235 e. The molecule has 0 spiro atoms. The van der Waals surface area contributed by atoms with Gasteiger partial charge in [0.2, 0.25) is 5.91 Å². The summed E-state index contributed by atoms with van der Waals surface area (Å²) in [6.45, 7) is 1.89. The average Bonchev–Trinajstić information content (AvgIpc) is 2.87. The normalized spacial score (nSPS) is 12.2. The Labute approximate surface area is 117 Å². The number of H-pyrrole nitrogens is 1. The van der Waals surface area contributed by atoms with E-state index in [1.54, 1.807) is 25.2 Å². The van der Waals surface area contributed by atoms with E-state index in [1.807, 2.05) is 37.3 Å². The molecule has 0 fully saturated rings. The van der Waals surface area contributed by atoms with Crippen LogP contribution in [0, 0.1) is 0 Å². The van der Waals surface area contributed by atoms with Crippen molar-refractivity contribution in [3.8, 4) is 11.3 Å². The molecule has 19 heavy (non-hydrogen) atoms. The first-order chi connectivity index (χ1) is 9.08. The van der Waals surface area contributed by atoms with Crippen molar-refractivity contribution in [1.82, 2.24) is 14.9 Å². The molecule has 1 amide bonds. The number of aromatic amines is 1. The summed E-state index contributed by atoms with van der Waals surface area (Å²) in [6, 6.07) is 10.0. The van der Waals surface area contributed by atoms with E-state index in [2.05, 4.69) is 9.97 Å². The fraction of sp³-hybridized carbons (Fsp3) is 0.286. The number of carbonyl (C=O) groups is 1. The summed E-state index contributed by atoms with van der Waals surface area (Å²) in [5.74, 6) is 0.0858. The largest absolute Gasteiger partial charge is 0.348 e. The quantitative estimate of drug-likeness (QED) is 0.873. The van der Waals surface area contributed by atoms with Crippen molar-refractivity contribution < 1.29 is 4.79 Å². The number of amides is 1. The molecular weight excluding hydrogens is 258 g/mol. The summed E-state index contributed by atoms with van der Waals surface area (Å²) in [5.41, 5.74) is 2.06. The molecule has 0 bridgehead atoms. The highest BCUT2D eigenvalue weighted by Gasteiger charge is 2.17. The molecule has 0 unspecified atom stereocenters. The Balaban J connectivity index is 2.08. The van der Waals surface area contributed by atoms with Gasteiger partial charge in [-0.25, -0.2) is 4.98 Å². The minimum atomic E-state index is -0.148. The number of rotatable bonds is 4. The number of thioether (sulfide) groups is 1. The molecule has 100 valence electrons. The number of imidazole rings is 1. The highest BCUT2D eigenvalue weighted by atomic mass is 32.2. The Kier molecular flexibility index (Phi) is 4.27. The van der Waals surface area contributed by atoms with Crippen LogP contribution in [0.1, 0.15) is 6.92 Å². The van der Waals surface area contributed by atoms with Gasteiger partial charge >= 0.3 is 0 Å². The predicted octanol–water partition coefficient (Wildman–Crippen LogP) is 2.65. The summed E-state index contributed by atoms with van der Waals surface area (Å²) >= 11 is 1.44. The topological polar surface area (TPSA) is 49.0 Å². The van der Waals surface area contributed by atoms with E-state index in [4.69, 9.17) is 0 Å². The van der Waals surface area contributed by atoms with Crippen LogP contribution in [0.25, 0.3) is 11.3 Å². The van der Waals surface area contributed by atoms with Gasteiger partial charge in [0.1, 0.15) is 0 Å². The number of nitrogens with one attached hydrogen (secondary N) is 1. The number of benzene rings is 1. The van der Waals surface area contributed by atoms with Crippen LogP contribution in [-0.4, -0.2) is 40.1 Å². The first-order valence-electron chi connectivity index (χ1n) is 6.06. The van der Waals surface area contributed by atoms with Gasteiger partial charge in [-0.3, -0.25) is 4.79 Å². The summed E-state index contributed by atoms with van der Waals surface area (Å²) < 4.78 is 0. The Morgan fingerprint density at radius 2 is 2.00 bits per heavy atom. The van der Waals surface area contributed by atoms with Crippen molar-refractivity contribution in [1.29, 1.82) is 0 Å². The van der Waals surface area contributed by atoms with Crippen LogP contribution in [0.4, 0.5) is 0 Å². The van der Waals surface area contributed by atoms with Crippen LogP contribution in [0.3, 0.4) is 0 Å². The minimum Gasteiger partial charge on any atom is -0.348 e. The second-order valence-corrected chi connectivity index (χ2v) is 5.79. The summed E-state index contributed by atoms with van der Waals surface area (Å²) in [4.78, 5) is 20.9. The maximum absolute atomic E-state index is 11.8. The van der Waals surface area contributed by atoms with Crippen LogP contribution < -0.4 is 0 Å². The lowest BCUT2D eigenvalue weighted by atomic mass is 10.2. The molecule has 1 aromatic heterocycles. The van der Waals surface area contributed by atoms with E-state index in [0.717, 1.165) is 16.4 Å². The Bertz CT molecular complexity index is 551. The summed E-state index contributed by atoms with van der Waals surface area (Å²) in [7, 11) is 3.52. The standard InChI is InChI=1S/C14H17N3OS/c1-10(13(18)17(2)3)19-14-15-9-12(16-14)11-7-5-4-6-8-11/h4-10H,1-3H3,(H,15,16)/t10-/m0/s1. The van der Waals surface area contributed by atoms with Crippen LogP contribution in [0.5, 0.6) is 0 Å². The molecule has 0 aliphatic heterocycles. The van der Waals surface area contributed by atoms with E-state index in [0.29, 0.717) is 0 Å². The van der Waals surface area contributed by atoms with Crippen molar-refractivity contribution in [2.75, 3.05) is 14.1 Å². The van der Waals surface area contributed by atoms with Crippen LogP contribution >= 0.6 is 11.8 Å². The van der Waals surface area contributed by atoms with Gasteiger partial charge in [0.05, 0.1) is 17.1 Å². The van der Waals surface area contributed by atoms with Gasteiger partial charge in [0.15, 0.2) is 5.16 Å². The molecule has 2 aromatic rings. The third-order valence-corrected chi connectivity index (χ3v) is 3.70. The lowest BCUT2D eigenvalue weighted by molar-refractivity contribution is -0.127.